The Hall–Kier alpha value is -1.10. The quantitative estimate of drug-likeness (QED) is 0.566. The summed E-state index contributed by atoms with van der Waals surface area (Å²) in [5.41, 5.74) is 5.68. The number of unbranched alkanes of at least 4 members (excludes halogenated alkanes) is 1. The molecule has 0 aromatic carbocycles. The normalized spacial score (nSPS) is 14.1. The molecule has 5 heteroatoms. The lowest BCUT2D eigenvalue weighted by Gasteiger charge is -2.15. The number of carboxylic acid groups (broad SMARTS) is 1. The average molecular weight is 244 g/mol. The third kappa shape index (κ3) is 6.94. The SMILES string of the molecule is CCCCC(N)C(=O)NCC(CCC)C(=O)O. The fourth-order valence-corrected chi connectivity index (χ4v) is 1.57. The van der Waals surface area contributed by atoms with Gasteiger partial charge in [0.25, 0.3) is 0 Å². The molecule has 2 unspecified atom stereocenters. The fourth-order valence-electron chi connectivity index (χ4n) is 1.57. The summed E-state index contributed by atoms with van der Waals surface area (Å²) in [7, 11) is 0. The Labute approximate surface area is 103 Å². The summed E-state index contributed by atoms with van der Waals surface area (Å²) in [4.78, 5) is 22.4. The fraction of sp³-hybridized carbons (Fsp3) is 0.833. The molecule has 5 nitrogen and oxygen atoms in total. The number of hydrogen-bond donors (Lipinski definition) is 3. The van der Waals surface area contributed by atoms with E-state index >= 15 is 0 Å². The molecule has 0 aliphatic rings. The molecular weight excluding hydrogens is 220 g/mol. The van der Waals surface area contributed by atoms with Crippen LogP contribution in [0, 0.1) is 5.92 Å². The van der Waals surface area contributed by atoms with Crippen LogP contribution < -0.4 is 11.1 Å². The van der Waals surface area contributed by atoms with Gasteiger partial charge in [-0.25, -0.2) is 0 Å². The Kier molecular flexibility index (Phi) is 8.40. The molecule has 0 spiro atoms. The predicted molar refractivity (Wildman–Crippen MR) is 66.5 cm³/mol. The Morgan fingerprint density at radius 3 is 2.35 bits per heavy atom. The first-order valence-corrected chi connectivity index (χ1v) is 6.29. The first-order chi connectivity index (χ1) is 8.02. The Morgan fingerprint density at radius 1 is 1.24 bits per heavy atom. The van der Waals surface area contributed by atoms with E-state index in [-0.39, 0.29) is 12.5 Å². The highest BCUT2D eigenvalue weighted by Gasteiger charge is 2.19. The van der Waals surface area contributed by atoms with Gasteiger partial charge in [0.15, 0.2) is 0 Å². The minimum atomic E-state index is -0.866. The lowest BCUT2D eigenvalue weighted by atomic mass is 10.0. The van der Waals surface area contributed by atoms with Crippen molar-refractivity contribution < 1.29 is 14.7 Å². The maximum absolute atomic E-state index is 11.6. The van der Waals surface area contributed by atoms with Gasteiger partial charge in [-0.15, -0.1) is 0 Å². The number of carboxylic acids is 1. The molecule has 0 heterocycles. The third-order valence-corrected chi connectivity index (χ3v) is 2.71. The van der Waals surface area contributed by atoms with Crippen molar-refractivity contribution in [1.29, 1.82) is 0 Å². The molecule has 0 aliphatic heterocycles. The average Bonchev–Trinajstić information content (AvgIpc) is 2.30. The topological polar surface area (TPSA) is 92.4 Å². The number of aliphatic carboxylic acids is 1. The molecule has 0 saturated carbocycles. The summed E-state index contributed by atoms with van der Waals surface area (Å²) in [6, 6.07) is -0.522. The zero-order valence-electron chi connectivity index (χ0n) is 10.7. The number of rotatable bonds is 9. The maximum atomic E-state index is 11.6. The van der Waals surface area contributed by atoms with Crippen LogP contribution in [0.3, 0.4) is 0 Å². The molecule has 2 atom stereocenters. The number of amides is 1. The lowest BCUT2D eigenvalue weighted by molar-refractivity contribution is -0.142. The first-order valence-electron chi connectivity index (χ1n) is 6.29. The van der Waals surface area contributed by atoms with Crippen molar-refractivity contribution in [2.24, 2.45) is 11.7 Å². The standard InChI is InChI=1S/C12H24N2O3/c1-3-5-7-10(13)11(15)14-8-9(6-4-2)12(16)17/h9-10H,3-8,13H2,1-2H3,(H,14,15)(H,16,17). The van der Waals surface area contributed by atoms with E-state index in [2.05, 4.69) is 5.32 Å². The van der Waals surface area contributed by atoms with Crippen LogP contribution in [0.2, 0.25) is 0 Å². The molecule has 0 saturated heterocycles. The molecular formula is C12H24N2O3. The molecule has 0 aromatic heterocycles. The van der Waals surface area contributed by atoms with Crippen LogP contribution in [0.25, 0.3) is 0 Å². The maximum Gasteiger partial charge on any atom is 0.308 e. The van der Waals surface area contributed by atoms with Crippen molar-refractivity contribution in [3.8, 4) is 0 Å². The summed E-state index contributed by atoms with van der Waals surface area (Å²) in [6.45, 7) is 4.12. The molecule has 0 aromatic rings. The minimum absolute atomic E-state index is 0.168. The minimum Gasteiger partial charge on any atom is -0.481 e. The molecule has 100 valence electrons. The van der Waals surface area contributed by atoms with Gasteiger partial charge in [0, 0.05) is 6.54 Å². The van der Waals surface area contributed by atoms with Gasteiger partial charge in [-0.1, -0.05) is 33.1 Å². The molecule has 0 aliphatic carbocycles. The summed E-state index contributed by atoms with van der Waals surface area (Å²) in [5, 5.41) is 11.5. The van der Waals surface area contributed by atoms with Gasteiger partial charge >= 0.3 is 5.97 Å². The Balaban J connectivity index is 3.98. The van der Waals surface area contributed by atoms with E-state index in [4.69, 9.17) is 10.8 Å². The number of hydrogen-bond acceptors (Lipinski definition) is 3. The molecule has 0 radical (unpaired) electrons. The second-order valence-electron chi connectivity index (χ2n) is 4.32. The Bertz CT molecular complexity index is 244. The Morgan fingerprint density at radius 2 is 1.88 bits per heavy atom. The lowest BCUT2D eigenvalue weighted by Crippen LogP contribution is -2.43. The summed E-state index contributed by atoms with van der Waals surface area (Å²) in [5.74, 6) is -1.63. The van der Waals surface area contributed by atoms with Crippen molar-refractivity contribution in [3.63, 3.8) is 0 Å². The number of nitrogens with two attached hydrogens (primary N) is 1. The van der Waals surface area contributed by atoms with E-state index in [9.17, 15) is 9.59 Å². The zero-order valence-corrected chi connectivity index (χ0v) is 10.7. The van der Waals surface area contributed by atoms with Gasteiger partial charge in [0.1, 0.15) is 0 Å². The third-order valence-electron chi connectivity index (χ3n) is 2.71. The zero-order chi connectivity index (χ0) is 13.3. The number of carbonyl (C=O) groups excluding carboxylic acids is 1. The van der Waals surface area contributed by atoms with E-state index in [1.807, 2.05) is 13.8 Å². The highest BCUT2D eigenvalue weighted by molar-refractivity contribution is 5.82. The van der Waals surface area contributed by atoms with Crippen molar-refractivity contribution in [1.82, 2.24) is 5.32 Å². The summed E-state index contributed by atoms with van der Waals surface area (Å²) in [6.07, 6.45) is 3.91. The molecule has 0 rings (SSSR count). The highest BCUT2D eigenvalue weighted by atomic mass is 16.4. The van der Waals surface area contributed by atoms with Crippen molar-refractivity contribution in [2.45, 2.75) is 52.0 Å². The van der Waals surface area contributed by atoms with Crippen LogP contribution in [0.4, 0.5) is 0 Å². The van der Waals surface area contributed by atoms with Crippen LogP contribution in [0.1, 0.15) is 46.0 Å². The number of carbonyl (C=O) groups is 2. The second-order valence-corrected chi connectivity index (χ2v) is 4.32. The van der Waals surface area contributed by atoms with Gasteiger partial charge in [-0.05, 0) is 12.8 Å². The molecule has 0 fully saturated rings. The van der Waals surface area contributed by atoms with E-state index in [1.54, 1.807) is 0 Å². The van der Waals surface area contributed by atoms with Crippen LogP contribution in [-0.2, 0) is 9.59 Å². The first kappa shape index (κ1) is 15.9. The van der Waals surface area contributed by atoms with E-state index in [0.29, 0.717) is 12.8 Å². The van der Waals surface area contributed by atoms with Gasteiger partial charge in [-0.2, -0.15) is 0 Å². The van der Waals surface area contributed by atoms with Crippen molar-refractivity contribution in [2.75, 3.05) is 6.54 Å². The van der Waals surface area contributed by atoms with Crippen molar-refractivity contribution >= 4 is 11.9 Å². The van der Waals surface area contributed by atoms with Gasteiger partial charge in [-0.3, -0.25) is 9.59 Å². The molecule has 17 heavy (non-hydrogen) atoms. The second kappa shape index (κ2) is 8.98. The molecule has 1 amide bonds. The summed E-state index contributed by atoms with van der Waals surface area (Å²) >= 11 is 0. The summed E-state index contributed by atoms with van der Waals surface area (Å²) < 4.78 is 0. The van der Waals surface area contributed by atoms with E-state index in [1.165, 1.54) is 0 Å². The monoisotopic (exact) mass is 244 g/mol. The van der Waals surface area contributed by atoms with Crippen LogP contribution in [0.15, 0.2) is 0 Å². The molecule has 4 N–H and O–H groups in total. The van der Waals surface area contributed by atoms with Crippen molar-refractivity contribution in [3.05, 3.63) is 0 Å². The van der Waals surface area contributed by atoms with Crippen LogP contribution in [0.5, 0.6) is 0 Å². The molecule has 0 bridgehead atoms. The van der Waals surface area contributed by atoms with Crippen LogP contribution in [-0.4, -0.2) is 29.6 Å². The number of nitrogens with one attached hydrogen (secondary N) is 1. The smallest absolute Gasteiger partial charge is 0.308 e. The van der Waals surface area contributed by atoms with Gasteiger partial charge < -0.3 is 16.2 Å². The van der Waals surface area contributed by atoms with Gasteiger partial charge in [0.2, 0.25) is 5.91 Å². The predicted octanol–water partition coefficient (Wildman–Crippen LogP) is 1.12. The van der Waals surface area contributed by atoms with Crippen LogP contribution >= 0.6 is 0 Å². The van der Waals surface area contributed by atoms with E-state index in [0.717, 1.165) is 19.3 Å². The highest BCUT2D eigenvalue weighted by Crippen LogP contribution is 2.05. The van der Waals surface area contributed by atoms with Gasteiger partial charge in [0.05, 0.1) is 12.0 Å². The van der Waals surface area contributed by atoms with E-state index < -0.39 is 17.9 Å². The largest absolute Gasteiger partial charge is 0.481 e.